The predicted molar refractivity (Wildman–Crippen MR) is 111 cm³/mol. The first-order chi connectivity index (χ1) is 13.2. The number of carbonyl (C=O) groups is 1. The number of nitrogens with one attached hydrogen (secondary N) is 1. The molecule has 0 unspecified atom stereocenters. The van der Waals surface area contributed by atoms with E-state index < -0.39 is 0 Å². The number of benzene rings is 1. The van der Waals surface area contributed by atoms with Gasteiger partial charge in [-0.1, -0.05) is 0 Å². The number of thiazole rings is 2. The van der Waals surface area contributed by atoms with E-state index in [1.54, 1.807) is 11.3 Å². The zero-order chi connectivity index (χ0) is 19.1. The molecule has 7 heteroatoms. The average Bonchev–Trinajstić information content (AvgIpc) is 3.32. The molecule has 5 nitrogen and oxygen atoms in total. The Balaban J connectivity index is 1.52. The fraction of sp³-hybridized carbons (Fsp3) is 0.350. The molecular weight excluding hydrogens is 378 g/mol. The summed E-state index contributed by atoms with van der Waals surface area (Å²) >= 11 is 3.11. The van der Waals surface area contributed by atoms with Gasteiger partial charge in [-0.2, -0.15) is 0 Å². The summed E-state index contributed by atoms with van der Waals surface area (Å²) in [6, 6.07) is 7.81. The van der Waals surface area contributed by atoms with Crippen molar-refractivity contribution in [2.75, 3.05) is 13.2 Å². The molecule has 0 atom stereocenters. The maximum atomic E-state index is 12.5. The van der Waals surface area contributed by atoms with Crippen molar-refractivity contribution in [3.05, 3.63) is 51.4 Å². The van der Waals surface area contributed by atoms with Gasteiger partial charge in [-0.15, -0.1) is 22.7 Å². The minimum atomic E-state index is -0.0450. The number of rotatable bonds is 9. The van der Waals surface area contributed by atoms with Gasteiger partial charge in [-0.3, -0.25) is 4.79 Å². The first kappa shape index (κ1) is 19.5. The Hall–Kier alpha value is -2.25. The van der Waals surface area contributed by atoms with Crippen molar-refractivity contribution in [3.63, 3.8) is 0 Å². The summed E-state index contributed by atoms with van der Waals surface area (Å²) < 4.78 is 5.47. The highest BCUT2D eigenvalue weighted by atomic mass is 32.1. The number of aromatic nitrogens is 2. The highest BCUT2D eigenvalue weighted by Gasteiger charge is 2.16. The van der Waals surface area contributed by atoms with Crippen molar-refractivity contribution in [3.8, 4) is 16.3 Å². The van der Waals surface area contributed by atoms with Crippen LogP contribution in [0.2, 0.25) is 0 Å². The van der Waals surface area contributed by atoms with Crippen LogP contribution in [0.15, 0.2) is 35.8 Å². The van der Waals surface area contributed by atoms with Crippen LogP contribution in [0.3, 0.4) is 0 Å². The second-order valence-electron chi connectivity index (χ2n) is 6.03. The summed E-state index contributed by atoms with van der Waals surface area (Å²) in [5.41, 5.74) is 1.76. The summed E-state index contributed by atoms with van der Waals surface area (Å²) in [7, 11) is 0. The van der Waals surface area contributed by atoms with E-state index in [0.717, 1.165) is 46.3 Å². The van der Waals surface area contributed by atoms with E-state index in [2.05, 4.69) is 15.3 Å². The number of amides is 1. The van der Waals surface area contributed by atoms with Crippen molar-refractivity contribution >= 4 is 28.6 Å². The third-order valence-electron chi connectivity index (χ3n) is 4.00. The third-order valence-corrected chi connectivity index (χ3v) is 6.05. The first-order valence-electron chi connectivity index (χ1n) is 9.04. The van der Waals surface area contributed by atoms with Crippen LogP contribution < -0.4 is 10.1 Å². The van der Waals surface area contributed by atoms with E-state index in [4.69, 9.17) is 4.74 Å². The molecule has 0 bridgehead atoms. The number of hydrogen-bond donors (Lipinski definition) is 1. The second kappa shape index (κ2) is 9.62. The molecule has 0 saturated heterocycles. The predicted octanol–water partition coefficient (Wildman–Crippen LogP) is 4.73. The topological polar surface area (TPSA) is 64.1 Å². The van der Waals surface area contributed by atoms with E-state index in [9.17, 15) is 4.79 Å². The Bertz CT molecular complexity index is 858. The Morgan fingerprint density at radius 1 is 1.22 bits per heavy atom. The van der Waals surface area contributed by atoms with Crippen LogP contribution >= 0.6 is 22.7 Å². The van der Waals surface area contributed by atoms with E-state index in [1.807, 2.05) is 49.7 Å². The Labute approximate surface area is 167 Å². The van der Waals surface area contributed by atoms with Gasteiger partial charge < -0.3 is 10.1 Å². The largest absolute Gasteiger partial charge is 0.494 e. The van der Waals surface area contributed by atoms with Crippen LogP contribution in [-0.4, -0.2) is 29.0 Å². The van der Waals surface area contributed by atoms with Crippen molar-refractivity contribution < 1.29 is 9.53 Å². The highest BCUT2D eigenvalue weighted by molar-refractivity contribution is 7.17. The van der Waals surface area contributed by atoms with E-state index >= 15 is 0 Å². The number of carbonyl (C=O) groups excluding carboxylic acids is 1. The number of nitrogens with zero attached hydrogens (tertiary/aromatic N) is 2. The van der Waals surface area contributed by atoms with Crippen LogP contribution in [-0.2, 0) is 6.42 Å². The quantitative estimate of drug-likeness (QED) is 0.527. The fourth-order valence-corrected chi connectivity index (χ4v) is 4.30. The van der Waals surface area contributed by atoms with Gasteiger partial charge >= 0.3 is 0 Å². The van der Waals surface area contributed by atoms with Gasteiger partial charge in [0, 0.05) is 23.7 Å². The number of aryl methyl sites for hydroxylation is 2. The molecule has 2 heterocycles. The van der Waals surface area contributed by atoms with Crippen LogP contribution in [0.25, 0.3) is 10.6 Å². The van der Waals surface area contributed by atoms with E-state index in [1.165, 1.54) is 11.3 Å². The summed E-state index contributed by atoms with van der Waals surface area (Å²) in [5.74, 6) is 0.793. The monoisotopic (exact) mass is 401 g/mol. The smallest absolute Gasteiger partial charge is 0.263 e. The molecule has 0 aliphatic heterocycles. The Morgan fingerprint density at radius 2 is 2.04 bits per heavy atom. The number of ether oxygens (including phenoxy) is 1. The Morgan fingerprint density at radius 3 is 2.74 bits per heavy atom. The fourth-order valence-electron chi connectivity index (χ4n) is 2.65. The maximum Gasteiger partial charge on any atom is 0.263 e. The molecule has 3 aromatic rings. The molecule has 0 aliphatic rings. The molecule has 1 N–H and O–H groups in total. The normalized spacial score (nSPS) is 10.7. The van der Waals surface area contributed by atoms with Gasteiger partial charge in [0.2, 0.25) is 0 Å². The van der Waals surface area contributed by atoms with E-state index in [-0.39, 0.29) is 5.91 Å². The first-order valence-corrected chi connectivity index (χ1v) is 10.7. The summed E-state index contributed by atoms with van der Waals surface area (Å²) in [4.78, 5) is 22.0. The van der Waals surface area contributed by atoms with Gasteiger partial charge in [0.05, 0.1) is 17.3 Å². The van der Waals surface area contributed by atoms with Crippen LogP contribution in [0, 0.1) is 6.92 Å². The molecule has 0 aliphatic carbocycles. The lowest BCUT2D eigenvalue weighted by Gasteiger charge is -2.03. The standard InChI is InChI=1S/C20H23N3O2S2/c1-3-25-16-9-7-15(8-10-16)20-23-14(2)18(27-20)19(24)22-11-5-4-6-17-21-12-13-26-17/h7-10,12-13H,3-6,11H2,1-2H3,(H,22,24). The van der Waals surface area contributed by atoms with Gasteiger partial charge in [-0.05, 0) is 57.4 Å². The zero-order valence-corrected chi connectivity index (χ0v) is 17.2. The van der Waals surface area contributed by atoms with Crippen LogP contribution in [0.5, 0.6) is 5.75 Å². The lowest BCUT2D eigenvalue weighted by molar-refractivity contribution is 0.0956. The summed E-state index contributed by atoms with van der Waals surface area (Å²) in [5, 5.41) is 7.00. The molecular formula is C20H23N3O2S2. The minimum Gasteiger partial charge on any atom is -0.494 e. The zero-order valence-electron chi connectivity index (χ0n) is 15.5. The lowest BCUT2D eigenvalue weighted by atomic mass is 10.2. The maximum absolute atomic E-state index is 12.5. The molecule has 1 amide bonds. The third kappa shape index (κ3) is 5.37. The van der Waals surface area contributed by atoms with Crippen molar-refractivity contribution in [2.45, 2.75) is 33.1 Å². The lowest BCUT2D eigenvalue weighted by Crippen LogP contribution is -2.24. The Kier molecular flexibility index (Phi) is 6.95. The van der Waals surface area contributed by atoms with Crippen LogP contribution in [0.4, 0.5) is 0 Å². The number of hydrogen-bond acceptors (Lipinski definition) is 6. The molecule has 0 saturated carbocycles. The molecule has 0 fully saturated rings. The molecule has 142 valence electrons. The SMILES string of the molecule is CCOc1ccc(-c2nc(C)c(C(=O)NCCCCc3nccs3)s2)cc1. The molecule has 27 heavy (non-hydrogen) atoms. The van der Waals surface area contributed by atoms with Gasteiger partial charge in [0.15, 0.2) is 0 Å². The van der Waals surface area contributed by atoms with Crippen LogP contribution in [0.1, 0.15) is 40.1 Å². The summed E-state index contributed by atoms with van der Waals surface area (Å²) in [6.07, 6.45) is 4.76. The van der Waals surface area contributed by atoms with Gasteiger partial charge in [-0.25, -0.2) is 9.97 Å². The molecule has 0 spiro atoms. The average molecular weight is 402 g/mol. The van der Waals surface area contributed by atoms with Crippen molar-refractivity contribution in [1.29, 1.82) is 0 Å². The highest BCUT2D eigenvalue weighted by Crippen LogP contribution is 2.29. The van der Waals surface area contributed by atoms with Gasteiger partial charge in [0.25, 0.3) is 5.91 Å². The second-order valence-corrected chi connectivity index (χ2v) is 8.01. The van der Waals surface area contributed by atoms with Crippen molar-refractivity contribution in [2.24, 2.45) is 0 Å². The van der Waals surface area contributed by atoms with Crippen molar-refractivity contribution in [1.82, 2.24) is 15.3 Å². The van der Waals surface area contributed by atoms with E-state index in [0.29, 0.717) is 18.0 Å². The molecule has 3 rings (SSSR count). The number of unbranched alkanes of at least 4 members (excludes halogenated alkanes) is 1. The molecule has 1 aromatic carbocycles. The molecule has 0 radical (unpaired) electrons. The molecule has 2 aromatic heterocycles. The summed E-state index contributed by atoms with van der Waals surface area (Å²) in [6.45, 7) is 5.15. The minimum absolute atomic E-state index is 0.0450. The van der Waals surface area contributed by atoms with Gasteiger partial charge in [0.1, 0.15) is 15.6 Å².